The van der Waals surface area contributed by atoms with Gasteiger partial charge in [0.15, 0.2) is 0 Å². The molecule has 1 aliphatic heterocycles. The van der Waals surface area contributed by atoms with Crippen molar-refractivity contribution in [2.24, 2.45) is 0 Å². The van der Waals surface area contributed by atoms with Crippen LogP contribution in [0.5, 0.6) is 0 Å². The predicted molar refractivity (Wildman–Crippen MR) is 65.6 cm³/mol. The molecule has 0 unspecified atom stereocenters. The Hall–Kier alpha value is -1.65. The molecule has 4 amide bonds. The smallest absolute Gasteiger partial charge is 0.263 e. The van der Waals surface area contributed by atoms with Gasteiger partial charge in [0.25, 0.3) is 0 Å². The summed E-state index contributed by atoms with van der Waals surface area (Å²) in [6, 6.07) is -0.572. The third-order valence-electron chi connectivity index (χ3n) is 3.45. The Labute approximate surface area is 106 Å². The van der Waals surface area contributed by atoms with E-state index < -0.39 is 17.8 Å². The molecule has 0 aromatic heterocycles. The molecule has 1 aliphatic carbocycles. The third kappa shape index (κ3) is 2.17. The van der Waals surface area contributed by atoms with Crippen LogP contribution >= 0.6 is 0 Å². The van der Waals surface area contributed by atoms with Crippen molar-refractivity contribution in [3.8, 4) is 0 Å². The highest BCUT2D eigenvalue weighted by atomic mass is 16.2. The monoisotopic (exact) mass is 250 g/mol. The molecule has 0 aromatic carbocycles. The first-order valence-electron chi connectivity index (χ1n) is 6.35. The van der Waals surface area contributed by atoms with E-state index in [0.29, 0.717) is 5.57 Å². The Kier molecular flexibility index (Phi) is 3.50. The first kappa shape index (κ1) is 12.8. The Morgan fingerprint density at radius 2 is 1.78 bits per heavy atom. The lowest BCUT2D eigenvalue weighted by molar-refractivity contribution is -0.144. The van der Waals surface area contributed by atoms with E-state index in [0.717, 1.165) is 41.9 Å². The summed E-state index contributed by atoms with van der Waals surface area (Å²) >= 11 is 0. The SMILES string of the molecule is C=C(C)CN1C(=O)C(=O)N(C2CCCCC2)C1=O. The minimum absolute atomic E-state index is 0.0992. The van der Waals surface area contributed by atoms with Crippen LogP contribution in [0.25, 0.3) is 0 Å². The second kappa shape index (κ2) is 4.92. The second-order valence-electron chi connectivity index (χ2n) is 5.10. The molecule has 18 heavy (non-hydrogen) atoms. The van der Waals surface area contributed by atoms with Gasteiger partial charge in [-0.1, -0.05) is 31.4 Å². The highest BCUT2D eigenvalue weighted by molar-refractivity contribution is 6.44. The zero-order valence-corrected chi connectivity index (χ0v) is 10.6. The topological polar surface area (TPSA) is 57.7 Å². The molecule has 0 radical (unpaired) electrons. The summed E-state index contributed by atoms with van der Waals surface area (Å²) in [6.45, 7) is 5.54. The quantitative estimate of drug-likeness (QED) is 0.435. The van der Waals surface area contributed by atoms with Gasteiger partial charge in [-0.25, -0.2) is 4.79 Å². The van der Waals surface area contributed by atoms with Crippen LogP contribution in [-0.4, -0.2) is 40.2 Å². The molecule has 0 atom stereocenters. The molecular weight excluding hydrogens is 232 g/mol. The lowest BCUT2D eigenvalue weighted by atomic mass is 9.94. The highest BCUT2D eigenvalue weighted by Crippen LogP contribution is 2.27. The van der Waals surface area contributed by atoms with Crippen molar-refractivity contribution in [3.63, 3.8) is 0 Å². The lowest BCUT2D eigenvalue weighted by Crippen LogP contribution is -2.42. The van der Waals surface area contributed by atoms with Crippen molar-refractivity contribution in [2.75, 3.05) is 6.54 Å². The van der Waals surface area contributed by atoms with Crippen LogP contribution in [-0.2, 0) is 9.59 Å². The van der Waals surface area contributed by atoms with Gasteiger partial charge in [-0.05, 0) is 19.8 Å². The summed E-state index contributed by atoms with van der Waals surface area (Å²) in [7, 11) is 0. The molecule has 1 heterocycles. The Balaban J connectivity index is 2.16. The molecule has 98 valence electrons. The predicted octanol–water partition coefficient (Wildman–Crippen LogP) is 1.69. The highest BCUT2D eigenvalue weighted by Gasteiger charge is 2.47. The Morgan fingerprint density at radius 1 is 1.17 bits per heavy atom. The second-order valence-corrected chi connectivity index (χ2v) is 5.10. The van der Waals surface area contributed by atoms with E-state index in [-0.39, 0.29) is 12.6 Å². The summed E-state index contributed by atoms with van der Waals surface area (Å²) in [5, 5.41) is 0. The fraction of sp³-hybridized carbons (Fsp3) is 0.615. The van der Waals surface area contributed by atoms with E-state index in [1.54, 1.807) is 6.92 Å². The van der Waals surface area contributed by atoms with Crippen LogP contribution in [0, 0.1) is 0 Å². The maximum atomic E-state index is 12.1. The van der Waals surface area contributed by atoms with Gasteiger partial charge in [0.2, 0.25) is 0 Å². The summed E-state index contributed by atoms with van der Waals surface area (Å²) in [6.07, 6.45) is 4.78. The summed E-state index contributed by atoms with van der Waals surface area (Å²) in [4.78, 5) is 38.0. The molecule has 0 N–H and O–H groups in total. The molecule has 0 spiro atoms. The van der Waals surface area contributed by atoms with Crippen molar-refractivity contribution >= 4 is 17.8 Å². The summed E-state index contributed by atoms with van der Waals surface area (Å²) in [5.74, 6) is -1.39. The van der Waals surface area contributed by atoms with Gasteiger partial charge in [0.05, 0.1) is 6.54 Å². The van der Waals surface area contributed by atoms with Gasteiger partial charge in [0, 0.05) is 6.04 Å². The lowest BCUT2D eigenvalue weighted by Gasteiger charge is -2.28. The maximum absolute atomic E-state index is 12.1. The van der Waals surface area contributed by atoms with E-state index in [9.17, 15) is 14.4 Å². The van der Waals surface area contributed by atoms with E-state index in [2.05, 4.69) is 6.58 Å². The number of imide groups is 2. The number of carbonyl (C=O) groups excluding carboxylic acids is 3. The average Bonchev–Trinajstić information content (AvgIpc) is 2.54. The molecule has 2 rings (SSSR count). The van der Waals surface area contributed by atoms with E-state index >= 15 is 0 Å². The zero-order chi connectivity index (χ0) is 13.3. The standard InChI is InChI=1S/C13H18N2O3/c1-9(2)8-14-11(16)12(17)15(13(14)18)10-6-4-3-5-7-10/h10H,1,3-8H2,2H3. The molecule has 5 heteroatoms. The normalized spacial score (nSPS) is 21.9. The molecule has 2 fully saturated rings. The minimum atomic E-state index is -0.714. The van der Waals surface area contributed by atoms with Gasteiger partial charge >= 0.3 is 17.8 Å². The van der Waals surface area contributed by atoms with Crippen molar-refractivity contribution in [2.45, 2.75) is 45.1 Å². The fourth-order valence-electron chi connectivity index (χ4n) is 2.59. The van der Waals surface area contributed by atoms with E-state index in [1.807, 2.05) is 0 Å². The Morgan fingerprint density at radius 3 is 2.33 bits per heavy atom. The number of hydrogen-bond donors (Lipinski definition) is 0. The molecule has 5 nitrogen and oxygen atoms in total. The van der Waals surface area contributed by atoms with Crippen LogP contribution in [0.15, 0.2) is 12.2 Å². The molecular formula is C13H18N2O3. The van der Waals surface area contributed by atoms with Crippen molar-refractivity contribution in [1.82, 2.24) is 9.80 Å². The number of rotatable bonds is 3. The van der Waals surface area contributed by atoms with Gasteiger partial charge in [-0.2, -0.15) is 0 Å². The number of amides is 4. The molecule has 1 saturated carbocycles. The molecule has 2 aliphatic rings. The first-order valence-corrected chi connectivity index (χ1v) is 6.35. The third-order valence-corrected chi connectivity index (χ3v) is 3.45. The van der Waals surface area contributed by atoms with Gasteiger partial charge in [0.1, 0.15) is 0 Å². The molecule has 0 aromatic rings. The van der Waals surface area contributed by atoms with Crippen molar-refractivity contribution < 1.29 is 14.4 Å². The van der Waals surface area contributed by atoms with Crippen LogP contribution in [0.2, 0.25) is 0 Å². The van der Waals surface area contributed by atoms with E-state index in [4.69, 9.17) is 0 Å². The van der Waals surface area contributed by atoms with Crippen LogP contribution in [0.1, 0.15) is 39.0 Å². The van der Waals surface area contributed by atoms with Crippen molar-refractivity contribution in [1.29, 1.82) is 0 Å². The fourth-order valence-corrected chi connectivity index (χ4v) is 2.59. The number of nitrogens with zero attached hydrogens (tertiary/aromatic N) is 2. The molecule has 1 saturated heterocycles. The molecule has 0 bridgehead atoms. The average molecular weight is 250 g/mol. The largest absolute Gasteiger partial charge is 0.334 e. The zero-order valence-electron chi connectivity index (χ0n) is 10.6. The van der Waals surface area contributed by atoms with Crippen LogP contribution in [0.3, 0.4) is 0 Å². The summed E-state index contributed by atoms with van der Waals surface area (Å²) in [5.41, 5.74) is 0.690. The van der Waals surface area contributed by atoms with Crippen molar-refractivity contribution in [3.05, 3.63) is 12.2 Å². The van der Waals surface area contributed by atoms with Gasteiger partial charge < -0.3 is 0 Å². The maximum Gasteiger partial charge on any atom is 0.334 e. The van der Waals surface area contributed by atoms with Gasteiger partial charge in [-0.15, -0.1) is 0 Å². The van der Waals surface area contributed by atoms with Gasteiger partial charge in [-0.3, -0.25) is 19.4 Å². The van der Waals surface area contributed by atoms with E-state index in [1.165, 1.54) is 0 Å². The first-order chi connectivity index (χ1) is 8.52. The summed E-state index contributed by atoms with van der Waals surface area (Å²) < 4.78 is 0. The minimum Gasteiger partial charge on any atom is -0.263 e. The number of urea groups is 1. The van der Waals surface area contributed by atoms with Crippen LogP contribution in [0.4, 0.5) is 4.79 Å². The number of hydrogen-bond acceptors (Lipinski definition) is 3. The van der Waals surface area contributed by atoms with Crippen LogP contribution < -0.4 is 0 Å². The number of carbonyl (C=O) groups is 3. The Bertz CT molecular complexity index is 410.